The van der Waals surface area contributed by atoms with Gasteiger partial charge in [0, 0.05) is 23.7 Å². The number of sulfone groups is 1. The van der Waals surface area contributed by atoms with Gasteiger partial charge in [0.05, 0.1) is 17.9 Å². The first-order chi connectivity index (χ1) is 10.8. The molecular formula is C13H18N2O6S2. The summed E-state index contributed by atoms with van der Waals surface area (Å²) in [7, 11) is -3.07. The second-order valence-corrected chi connectivity index (χ2v) is 8.42. The number of amides is 1. The van der Waals surface area contributed by atoms with E-state index in [2.05, 4.69) is 5.32 Å². The van der Waals surface area contributed by atoms with Gasteiger partial charge in [-0.25, -0.2) is 8.42 Å². The third-order valence-corrected chi connectivity index (χ3v) is 6.13. The number of nitrogens with one attached hydrogen (secondary N) is 1. The Labute approximate surface area is 137 Å². The molecule has 1 amide bonds. The van der Waals surface area contributed by atoms with Crippen molar-refractivity contribution in [1.82, 2.24) is 9.88 Å². The number of ether oxygens (including phenoxy) is 1. The van der Waals surface area contributed by atoms with Crippen molar-refractivity contribution in [3.05, 3.63) is 20.7 Å². The number of hydrogen-bond donors (Lipinski definition) is 1. The van der Waals surface area contributed by atoms with E-state index >= 15 is 0 Å². The number of carbonyl (C=O) groups is 2. The molecule has 1 aliphatic rings. The molecule has 1 atom stereocenters. The van der Waals surface area contributed by atoms with E-state index in [-0.39, 0.29) is 29.3 Å². The van der Waals surface area contributed by atoms with Gasteiger partial charge in [-0.05, 0) is 13.3 Å². The Morgan fingerprint density at radius 3 is 2.78 bits per heavy atom. The Kier molecular flexibility index (Phi) is 5.58. The molecule has 1 aromatic rings. The number of hydrogen-bond acceptors (Lipinski definition) is 7. The third kappa shape index (κ3) is 5.17. The van der Waals surface area contributed by atoms with Crippen LogP contribution < -0.4 is 10.2 Å². The van der Waals surface area contributed by atoms with Crippen LogP contribution in [0, 0.1) is 6.92 Å². The Balaban J connectivity index is 1.70. The highest BCUT2D eigenvalue weighted by atomic mass is 32.2. The molecule has 1 N–H and O–H groups in total. The molecule has 1 aromatic heterocycles. The Hall–Kier alpha value is -1.68. The summed E-state index contributed by atoms with van der Waals surface area (Å²) >= 11 is 1.06. The smallest absolute Gasteiger partial charge is 0.308 e. The van der Waals surface area contributed by atoms with E-state index in [9.17, 15) is 22.8 Å². The molecule has 0 bridgehead atoms. The van der Waals surface area contributed by atoms with Crippen LogP contribution >= 0.6 is 11.3 Å². The summed E-state index contributed by atoms with van der Waals surface area (Å²) in [4.78, 5) is 34.6. The standard InChI is InChI=1S/C13H18N2O6S2/c1-9-7-22-13(18)15(9)4-2-12(17)21-6-11(16)14-10-3-5-23(19,20)8-10/h7,10H,2-6,8H2,1H3,(H,14,16)/t10-/m0/s1. The van der Waals surface area contributed by atoms with Crippen molar-refractivity contribution in [3.8, 4) is 0 Å². The van der Waals surface area contributed by atoms with E-state index in [1.165, 1.54) is 4.57 Å². The minimum atomic E-state index is -3.07. The second-order valence-electron chi connectivity index (χ2n) is 5.37. The van der Waals surface area contributed by atoms with Crippen molar-refractivity contribution in [1.29, 1.82) is 0 Å². The summed E-state index contributed by atoms with van der Waals surface area (Å²) in [5.41, 5.74) is 0.771. The van der Waals surface area contributed by atoms with Gasteiger partial charge >= 0.3 is 10.8 Å². The predicted octanol–water partition coefficient (Wildman–Crippen LogP) is -0.545. The number of rotatable bonds is 6. The van der Waals surface area contributed by atoms with Gasteiger partial charge in [0.15, 0.2) is 16.4 Å². The van der Waals surface area contributed by atoms with Gasteiger partial charge in [-0.3, -0.25) is 14.4 Å². The number of aryl methyl sites for hydroxylation is 1. The molecule has 0 saturated carbocycles. The average Bonchev–Trinajstić information content (AvgIpc) is 2.97. The normalized spacial score (nSPS) is 19.4. The van der Waals surface area contributed by atoms with Gasteiger partial charge in [-0.15, -0.1) is 0 Å². The first kappa shape index (κ1) is 17.7. The van der Waals surface area contributed by atoms with Gasteiger partial charge in [0.2, 0.25) is 0 Å². The Morgan fingerprint density at radius 2 is 2.22 bits per heavy atom. The number of nitrogens with zero attached hydrogens (tertiary/aromatic N) is 1. The number of carbonyl (C=O) groups excluding carboxylic acids is 2. The summed E-state index contributed by atoms with van der Waals surface area (Å²) in [5.74, 6) is -1.12. The highest BCUT2D eigenvalue weighted by Gasteiger charge is 2.29. The molecule has 2 heterocycles. The molecule has 1 aliphatic heterocycles. The monoisotopic (exact) mass is 362 g/mol. The highest BCUT2D eigenvalue weighted by molar-refractivity contribution is 7.91. The fraction of sp³-hybridized carbons (Fsp3) is 0.615. The lowest BCUT2D eigenvalue weighted by Gasteiger charge is -2.11. The molecule has 0 radical (unpaired) electrons. The maximum atomic E-state index is 11.6. The van der Waals surface area contributed by atoms with Crippen LogP contribution in [-0.2, 0) is 30.7 Å². The van der Waals surface area contributed by atoms with Gasteiger partial charge in [0.1, 0.15) is 0 Å². The summed E-state index contributed by atoms with van der Waals surface area (Å²) in [6.45, 7) is 1.52. The van der Waals surface area contributed by atoms with Crippen LogP contribution in [0.4, 0.5) is 0 Å². The quantitative estimate of drug-likeness (QED) is 0.680. The van der Waals surface area contributed by atoms with Crippen LogP contribution in [0.15, 0.2) is 10.2 Å². The van der Waals surface area contributed by atoms with Gasteiger partial charge < -0.3 is 14.6 Å². The minimum Gasteiger partial charge on any atom is -0.456 e. The summed E-state index contributed by atoms with van der Waals surface area (Å²) in [6.07, 6.45) is 0.366. The molecule has 23 heavy (non-hydrogen) atoms. The molecule has 0 aliphatic carbocycles. The topological polar surface area (TPSA) is 112 Å². The maximum Gasteiger partial charge on any atom is 0.308 e. The van der Waals surface area contributed by atoms with E-state index < -0.39 is 34.4 Å². The van der Waals surface area contributed by atoms with Crippen LogP contribution in [0.5, 0.6) is 0 Å². The average molecular weight is 362 g/mol. The highest BCUT2D eigenvalue weighted by Crippen LogP contribution is 2.11. The van der Waals surface area contributed by atoms with Crippen molar-refractivity contribution >= 4 is 33.1 Å². The molecule has 0 unspecified atom stereocenters. The van der Waals surface area contributed by atoms with E-state index in [1.807, 2.05) is 0 Å². The second kappa shape index (κ2) is 7.26. The molecule has 10 heteroatoms. The van der Waals surface area contributed by atoms with Gasteiger partial charge in [0.25, 0.3) is 5.91 Å². The fourth-order valence-electron chi connectivity index (χ4n) is 2.27. The lowest BCUT2D eigenvalue weighted by atomic mass is 10.2. The van der Waals surface area contributed by atoms with E-state index in [4.69, 9.17) is 4.74 Å². The first-order valence-corrected chi connectivity index (χ1v) is 9.77. The molecule has 1 fully saturated rings. The van der Waals surface area contributed by atoms with Crippen molar-refractivity contribution < 1.29 is 22.7 Å². The fourth-order valence-corrected chi connectivity index (χ4v) is 4.71. The number of esters is 1. The SMILES string of the molecule is Cc1csc(=O)n1CCC(=O)OCC(=O)N[C@H]1CCS(=O)(=O)C1. The Morgan fingerprint density at radius 1 is 1.48 bits per heavy atom. The molecule has 8 nitrogen and oxygen atoms in total. The van der Waals surface area contributed by atoms with Crippen molar-refractivity contribution in [2.45, 2.75) is 32.4 Å². The summed E-state index contributed by atoms with van der Waals surface area (Å²) in [6, 6.07) is -0.418. The predicted molar refractivity (Wildman–Crippen MR) is 84.1 cm³/mol. The zero-order chi connectivity index (χ0) is 17.0. The van der Waals surface area contributed by atoms with Crippen LogP contribution in [0.1, 0.15) is 18.5 Å². The van der Waals surface area contributed by atoms with Crippen LogP contribution in [-0.4, -0.2) is 49.0 Å². The van der Waals surface area contributed by atoms with Crippen LogP contribution in [0.2, 0.25) is 0 Å². The Bertz CT molecular complexity index is 749. The van der Waals surface area contributed by atoms with E-state index in [1.54, 1.807) is 12.3 Å². The molecular weight excluding hydrogens is 344 g/mol. The van der Waals surface area contributed by atoms with Crippen molar-refractivity contribution in [2.24, 2.45) is 0 Å². The molecule has 1 saturated heterocycles. The van der Waals surface area contributed by atoms with Gasteiger partial charge in [-0.1, -0.05) is 11.3 Å². The molecule has 0 aromatic carbocycles. The molecule has 128 valence electrons. The lowest BCUT2D eigenvalue weighted by Crippen LogP contribution is -2.38. The third-order valence-electron chi connectivity index (χ3n) is 3.48. The van der Waals surface area contributed by atoms with Gasteiger partial charge in [-0.2, -0.15) is 0 Å². The largest absolute Gasteiger partial charge is 0.456 e. The maximum absolute atomic E-state index is 11.6. The van der Waals surface area contributed by atoms with E-state index in [0.717, 1.165) is 17.0 Å². The minimum absolute atomic E-state index is 0.0113. The zero-order valence-corrected chi connectivity index (χ0v) is 14.2. The summed E-state index contributed by atoms with van der Waals surface area (Å²) in [5, 5.41) is 4.23. The zero-order valence-electron chi connectivity index (χ0n) is 12.6. The van der Waals surface area contributed by atoms with E-state index in [0.29, 0.717) is 6.42 Å². The van der Waals surface area contributed by atoms with Crippen LogP contribution in [0.3, 0.4) is 0 Å². The first-order valence-electron chi connectivity index (χ1n) is 7.07. The number of thiazole rings is 1. The van der Waals surface area contributed by atoms with Crippen molar-refractivity contribution in [2.75, 3.05) is 18.1 Å². The summed E-state index contributed by atoms with van der Waals surface area (Å²) < 4.78 is 28.9. The number of aromatic nitrogens is 1. The lowest BCUT2D eigenvalue weighted by molar-refractivity contribution is -0.148. The molecule has 0 spiro atoms. The molecule has 2 rings (SSSR count). The van der Waals surface area contributed by atoms with Crippen LogP contribution in [0.25, 0.3) is 0 Å². The van der Waals surface area contributed by atoms with Crippen molar-refractivity contribution in [3.63, 3.8) is 0 Å².